The fraction of sp³-hybridized carbons (Fsp3) is 0.182. The number of carbonyl (C=O) groups is 1. The average molecular weight is 216 g/mol. The van der Waals surface area contributed by atoms with E-state index < -0.39 is 0 Å². The molecule has 0 atom stereocenters. The molecular weight excluding hydrogens is 204 g/mol. The molecule has 0 aliphatic rings. The number of anilines is 1. The minimum atomic E-state index is -0.129. The van der Waals surface area contributed by atoms with Crippen molar-refractivity contribution < 1.29 is 4.79 Å². The minimum absolute atomic E-state index is 0.129. The standard InChI is InChI=1S/C11H12N4O/c1-8(16)13-11-6-10(15(2)14-11)9-4-3-5-12-7-9/h3-7H,1-2H3,(H,13,14,16). The van der Waals surface area contributed by atoms with Gasteiger partial charge in [-0.25, -0.2) is 0 Å². The Morgan fingerprint density at radius 3 is 2.94 bits per heavy atom. The molecule has 0 aliphatic carbocycles. The first kappa shape index (κ1) is 10.4. The number of pyridine rings is 1. The van der Waals surface area contributed by atoms with Crippen LogP contribution in [0.1, 0.15) is 6.92 Å². The SMILES string of the molecule is CC(=O)Nc1cc(-c2cccnc2)n(C)n1. The zero-order chi connectivity index (χ0) is 11.5. The molecule has 0 aliphatic heterocycles. The van der Waals surface area contributed by atoms with Gasteiger partial charge in [0.25, 0.3) is 0 Å². The van der Waals surface area contributed by atoms with Crippen LogP contribution in [0.2, 0.25) is 0 Å². The Kier molecular flexibility index (Phi) is 2.68. The molecule has 1 N–H and O–H groups in total. The molecule has 0 unspecified atom stereocenters. The molecule has 0 bridgehead atoms. The van der Waals surface area contributed by atoms with E-state index in [1.807, 2.05) is 25.2 Å². The first-order chi connectivity index (χ1) is 7.66. The zero-order valence-corrected chi connectivity index (χ0v) is 9.14. The van der Waals surface area contributed by atoms with E-state index in [9.17, 15) is 4.79 Å². The molecule has 0 saturated carbocycles. The summed E-state index contributed by atoms with van der Waals surface area (Å²) in [6, 6.07) is 5.63. The van der Waals surface area contributed by atoms with Crippen LogP contribution in [0.15, 0.2) is 30.6 Å². The molecule has 2 aromatic rings. The molecule has 2 aromatic heterocycles. The number of nitrogens with zero attached hydrogens (tertiary/aromatic N) is 3. The number of hydrogen-bond donors (Lipinski definition) is 1. The van der Waals surface area contributed by atoms with Crippen molar-refractivity contribution in [1.29, 1.82) is 0 Å². The van der Waals surface area contributed by atoms with Gasteiger partial charge in [-0.15, -0.1) is 0 Å². The van der Waals surface area contributed by atoms with E-state index >= 15 is 0 Å². The van der Waals surface area contributed by atoms with Gasteiger partial charge in [-0.2, -0.15) is 5.10 Å². The second-order valence-corrected chi connectivity index (χ2v) is 3.46. The molecule has 0 aromatic carbocycles. The lowest BCUT2D eigenvalue weighted by molar-refractivity contribution is -0.114. The van der Waals surface area contributed by atoms with E-state index in [1.165, 1.54) is 6.92 Å². The van der Waals surface area contributed by atoms with E-state index in [2.05, 4.69) is 15.4 Å². The van der Waals surface area contributed by atoms with E-state index in [1.54, 1.807) is 17.1 Å². The third kappa shape index (κ3) is 2.08. The minimum Gasteiger partial charge on any atom is -0.309 e. The second kappa shape index (κ2) is 4.14. The predicted octanol–water partition coefficient (Wildman–Crippen LogP) is 1.44. The molecule has 0 saturated heterocycles. The summed E-state index contributed by atoms with van der Waals surface area (Å²) >= 11 is 0. The molecule has 5 heteroatoms. The second-order valence-electron chi connectivity index (χ2n) is 3.46. The molecular formula is C11H12N4O. The van der Waals surface area contributed by atoms with Crippen LogP contribution < -0.4 is 5.32 Å². The maximum absolute atomic E-state index is 10.9. The number of aryl methyl sites for hydroxylation is 1. The maximum atomic E-state index is 10.9. The number of rotatable bonds is 2. The highest BCUT2D eigenvalue weighted by Crippen LogP contribution is 2.20. The van der Waals surface area contributed by atoms with Gasteiger partial charge in [0.1, 0.15) is 0 Å². The van der Waals surface area contributed by atoms with Crippen molar-refractivity contribution in [2.45, 2.75) is 6.92 Å². The van der Waals surface area contributed by atoms with Crippen LogP contribution in [0.3, 0.4) is 0 Å². The van der Waals surface area contributed by atoms with Gasteiger partial charge in [0.05, 0.1) is 5.69 Å². The molecule has 16 heavy (non-hydrogen) atoms. The number of amides is 1. The van der Waals surface area contributed by atoms with Gasteiger partial charge in [0.15, 0.2) is 5.82 Å². The maximum Gasteiger partial charge on any atom is 0.222 e. The summed E-state index contributed by atoms with van der Waals surface area (Å²) in [4.78, 5) is 14.9. The van der Waals surface area contributed by atoms with Crippen molar-refractivity contribution in [3.63, 3.8) is 0 Å². The summed E-state index contributed by atoms with van der Waals surface area (Å²) in [5.41, 5.74) is 1.88. The summed E-state index contributed by atoms with van der Waals surface area (Å²) < 4.78 is 1.71. The van der Waals surface area contributed by atoms with Crippen molar-refractivity contribution >= 4 is 11.7 Å². The quantitative estimate of drug-likeness (QED) is 0.826. The first-order valence-electron chi connectivity index (χ1n) is 4.89. The van der Waals surface area contributed by atoms with Gasteiger partial charge >= 0.3 is 0 Å². The van der Waals surface area contributed by atoms with Gasteiger partial charge in [0, 0.05) is 38.0 Å². The number of aromatic nitrogens is 3. The largest absolute Gasteiger partial charge is 0.309 e. The van der Waals surface area contributed by atoms with Crippen LogP contribution in [0.5, 0.6) is 0 Å². The fourth-order valence-corrected chi connectivity index (χ4v) is 1.49. The molecule has 0 radical (unpaired) electrons. The van der Waals surface area contributed by atoms with Crippen LogP contribution in [0.4, 0.5) is 5.82 Å². The highest BCUT2D eigenvalue weighted by Gasteiger charge is 2.07. The smallest absolute Gasteiger partial charge is 0.222 e. The summed E-state index contributed by atoms with van der Waals surface area (Å²) in [5.74, 6) is 0.421. The van der Waals surface area contributed by atoms with Gasteiger partial charge < -0.3 is 5.32 Å². The van der Waals surface area contributed by atoms with Crippen molar-refractivity contribution in [3.8, 4) is 11.3 Å². The van der Waals surface area contributed by atoms with Crippen LogP contribution in [0.25, 0.3) is 11.3 Å². The highest BCUT2D eigenvalue weighted by molar-refractivity contribution is 5.88. The highest BCUT2D eigenvalue weighted by atomic mass is 16.1. The molecule has 5 nitrogen and oxygen atoms in total. The number of carbonyl (C=O) groups excluding carboxylic acids is 1. The van der Waals surface area contributed by atoms with Crippen molar-refractivity contribution in [2.24, 2.45) is 7.05 Å². The monoisotopic (exact) mass is 216 g/mol. The third-order valence-electron chi connectivity index (χ3n) is 2.14. The summed E-state index contributed by atoms with van der Waals surface area (Å²) in [7, 11) is 1.83. The summed E-state index contributed by atoms with van der Waals surface area (Å²) in [6.07, 6.45) is 3.48. The van der Waals surface area contributed by atoms with Gasteiger partial charge in [-0.05, 0) is 12.1 Å². The van der Waals surface area contributed by atoms with Crippen LogP contribution in [-0.4, -0.2) is 20.7 Å². The molecule has 82 valence electrons. The molecule has 0 fully saturated rings. The van der Waals surface area contributed by atoms with E-state index in [-0.39, 0.29) is 5.91 Å². The van der Waals surface area contributed by atoms with Crippen LogP contribution >= 0.6 is 0 Å². The molecule has 1 amide bonds. The molecule has 0 spiro atoms. The third-order valence-corrected chi connectivity index (χ3v) is 2.14. The lowest BCUT2D eigenvalue weighted by Gasteiger charge is -1.98. The van der Waals surface area contributed by atoms with Crippen molar-refractivity contribution in [2.75, 3.05) is 5.32 Å². The average Bonchev–Trinajstić information content (AvgIpc) is 2.60. The Bertz CT molecular complexity index is 504. The Labute approximate surface area is 93.1 Å². The van der Waals surface area contributed by atoms with Gasteiger partial charge in [-0.1, -0.05) is 0 Å². The lowest BCUT2D eigenvalue weighted by Crippen LogP contribution is -2.06. The van der Waals surface area contributed by atoms with Gasteiger partial charge in [-0.3, -0.25) is 14.5 Å². The zero-order valence-electron chi connectivity index (χ0n) is 9.14. The van der Waals surface area contributed by atoms with Crippen LogP contribution in [0, 0.1) is 0 Å². The number of hydrogen-bond acceptors (Lipinski definition) is 3. The van der Waals surface area contributed by atoms with Crippen molar-refractivity contribution in [1.82, 2.24) is 14.8 Å². The fourth-order valence-electron chi connectivity index (χ4n) is 1.49. The summed E-state index contributed by atoms with van der Waals surface area (Å²) in [6.45, 7) is 1.46. The Balaban J connectivity index is 2.36. The molecule has 2 heterocycles. The van der Waals surface area contributed by atoms with E-state index in [4.69, 9.17) is 0 Å². The first-order valence-corrected chi connectivity index (χ1v) is 4.89. The predicted molar refractivity (Wildman–Crippen MR) is 60.7 cm³/mol. The van der Waals surface area contributed by atoms with E-state index in [0.29, 0.717) is 5.82 Å². The Morgan fingerprint density at radius 2 is 2.31 bits per heavy atom. The van der Waals surface area contributed by atoms with E-state index in [0.717, 1.165) is 11.3 Å². The number of nitrogens with one attached hydrogen (secondary N) is 1. The van der Waals surface area contributed by atoms with Gasteiger partial charge in [0.2, 0.25) is 5.91 Å². The van der Waals surface area contributed by atoms with Crippen LogP contribution in [-0.2, 0) is 11.8 Å². The lowest BCUT2D eigenvalue weighted by atomic mass is 10.2. The summed E-state index contributed by atoms with van der Waals surface area (Å²) in [5, 5.41) is 6.83. The topological polar surface area (TPSA) is 59.8 Å². The Hall–Kier alpha value is -2.17. The Morgan fingerprint density at radius 1 is 1.50 bits per heavy atom. The normalized spacial score (nSPS) is 10.1. The molecule has 2 rings (SSSR count). The van der Waals surface area contributed by atoms with Crippen molar-refractivity contribution in [3.05, 3.63) is 30.6 Å².